The summed E-state index contributed by atoms with van der Waals surface area (Å²) in [5, 5.41) is 22.5. The Hall–Kier alpha value is -3.77. The Labute approximate surface area is 221 Å². The molecule has 1 atom stereocenters. The molecular formula is C26H25ClFN5O5. The van der Waals surface area contributed by atoms with Gasteiger partial charge in [0.05, 0.1) is 30.4 Å². The molecule has 5 rings (SSSR count). The molecule has 2 aromatic heterocycles. The van der Waals surface area contributed by atoms with E-state index in [0.717, 1.165) is 29.2 Å². The summed E-state index contributed by atoms with van der Waals surface area (Å²) in [4.78, 5) is 30.0. The molecule has 2 aromatic carbocycles. The minimum atomic E-state index is -1.25. The van der Waals surface area contributed by atoms with Gasteiger partial charge in [0, 0.05) is 41.6 Å². The zero-order valence-electron chi connectivity index (χ0n) is 20.2. The van der Waals surface area contributed by atoms with E-state index in [4.69, 9.17) is 21.2 Å². The zero-order valence-corrected chi connectivity index (χ0v) is 20.9. The summed E-state index contributed by atoms with van der Waals surface area (Å²) in [7, 11) is 0. The minimum Gasteiger partial charge on any atom is -0.406 e. The highest BCUT2D eigenvalue weighted by atomic mass is 35.5. The maximum absolute atomic E-state index is 14.7. The molecule has 0 spiro atoms. The average Bonchev–Trinajstić information content (AvgIpc) is 2.93. The predicted octanol–water partition coefficient (Wildman–Crippen LogP) is 2.61. The van der Waals surface area contributed by atoms with Crippen molar-refractivity contribution >= 4 is 40.0 Å². The van der Waals surface area contributed by atoms with Gasteiger partial charge in [-0.2, -0.15) is 4.98 Å². The summed E-state index contributed by atoms with van der Waals surface area (Å²) in [6.45, 7) is 2.04. The monoisotopic (exact) mass is 541 g/mol. The van der Waals surface area contributed by atoms with Gasteiger partial charge in [-0.05, 0) is 42.5 Å². The van der Waals surface area contributed by atoms with Gasteiger partial charge in [0.25, 0.3) is 5.56 Å². The van der Waals surface area contributed by atoms with Gasteiger partial charge < -0.3 is 30.0 Å². The van der Waals surface area contributed by atoms with Crippen LogP contribution in [-0.4, -0.2) is 70.5 Å². The van der Waals surface area contributed by atoms with Crippen molar-refractivity contribution in [2.24, 2.45) is 0 Å². The molecule has 0 aliphatic carbocycles. The van der Waals surface area contributed by atoms with Crippen LogP contribution in [-0.2, 0) is 4.74 Å². The van der Waals surface area contributed by atoms with E-state index in [2.05, 4.69) is 20.2 Å². The zero-order chi connectivity index (χ0) is 26.6. The number of nitrogens with zero attached hydrogens (tertiary/aromatic N) is 4. The topological polar surface area (TPSA) is 122 Å². The number of hydrogen-bond acceptors (Lipinski definition) is 9. The molecule has 198 valence electrons. The van der Waals surface area contributed by atoms with Crippen molar-refractivity contribution in [2.45, 2.75) is 6.10 Å². The lowest BCUT2D eigenvalue weighted by Crippen LogP contribution is -2.36. The van der Waals surface area contributed by atoms with Gasteiger partial charge in [-0.3, -0.25) is 4.79 Å². The van der Waals surface area contributed by atoms with E-state index in [1.807, 2.05) is 24.3 Å². The van der Waals surface area contributed by atoms with Gasteiger partial charge in [-0.1, -0.05) is 17.7 Å². The van der Waals surface area contributed by atoms with Crippen molar-refractivity contribution in [2.75, 3.05) is 49.7 Å². The Kier molecular flexibility index (Phi) is 7.70. The summed E-state index contributed by atoms with van der Waals surface area (Å²) in [6.07, 6.45) is 0.217. The third-order valence-corrected chi connectivity index (χ3v) is 6.36. The van der Waals surface area contributed by atoms with Crippen molar-refractivity contribution in [3.63, 3.8) is 0 Å². The number of hydrogen-bond donors (Lipinski definition) is 3. The van der Waals surface area contributed by atoms with Crippen LogP contribution in [0.15, 0.2) is 59.5 Å². The fourth-order valence-corrected chi connectivity index (χ4v) is 4.37. The SMILES string of the molecule is O=c1c(-c2c(F)cccc2Cl)cc2cnc(Nc3ccc(N4CCOCC4)cc3)nc2n1OC[C@@H](O)CO. The molecule has 0 saturated carbocycles. The lowest BCUT2D eigenvalue weighted by Gasteiger charge is -2.28. The smallest absolute Gasteiger partial charge is 0.293 e. The second kappa shape index (κ2) is 11.3. The van der Waals surface area contributed by atoms with E-state index in [0.29, 0.717) is 18.6 Å². The summed E-state index contributed by atoms with van der Waals surface area (Å²) >= 11 is 6.21. The molecule has 12 heteroatoms. The van der Waals surface area contributed by atoms with Crippen LogP contribution >= 0.6 is 11.6 Å². The third kappa shape index (κ3) is 5.41. The first-order valence-corrected chi connectivity index (χ1v) is 12.3. The number of benzene rings is 2. The number of nitrogens with one attached hydrogen (secondary N) is 1. The molecule has 3 N–H and O–H groups in total. The largest absolute Gasteiger partial charge is 0.406 e. The second-order valence-corrected chi connectivity index (χ2v) is 9.04. The van der Waals surface area contributed by atoms with Gasteiger partial charge in [0.2, 0.25) is 5.95 Å². The summed E-state index contributed by atoms with van der Waals surface area (Å²) < 4.78 is 20.9. The first-order chi connectivity index (χ1) is 18.4. The summed E-state index contributed by atoms with van der Waals surface area (Å²) in [6, 6.07) is 13.3. The molecule has 1 aliphatic rings. The number of aromatic nitrogens is 3. The molecule has 1 fully saturated rings. The molecular weight excluding hydrogens is 517 g/mol. The number of fused-ring (bicyclic) bond motifs is 1. The first-order valence-electron chi connectivity index (χ1n) is 11.9. The number of morpholine rings is 1. The van der Waals surface area contributed by atoms with Gasteiger partial charge in [-0.15, -0.1) is 4.73 Å². The van der Waals surface area contributed by atoms with Crippen LogP contribution in [0.25, 0.3) is 22.2 Å². The molecule has 38 heavy (non-hydrogen) atoms. The number of aliphatic hydroxyl groups excluding tert-OH is 2. The van der Waals surface area contributed by atoms with Crippen LogP contribution in [0.4, 0.5) is 21.7 Å². The highest BCUT2D eigenvalue weighted by Crippen LogP contribution is 2.30. The van der Waals surface area contributed by atoms with Crippen LogP contribution in [0.3, 0.4) is 0 Å². The van der Waals surface area contributed by atoms with E-state index in [9.17, 15) is 19.4 Å². The number of anilines is 3. The highest BCUT2D eigenvalue weighted by Gasteiger charge is 2.20. The molecule has 4 aromatic rings. The Morgan fingerprint density at radius 1 is 1.18 bits per heavy atom. The lowest BCUT2D eigenvalue weighted by molar-refractivity contribution is 0.0000137. The van der Waals surface area contributed by atoms with Gasteiger partial charge >= 0.3 is 0 Å². The van der Waals surface area contributed by atoms with Crippen LogP contribution in [0.5, 0.6) is 0 Å². The normalized spacial score (nSPS) is 14.5. The molecule has 1 saturated heterocycles. The van der Waals surface area contributed by atoms with Crippen molar-refractivity contribution in [3.8, 4) is 11.1 Å². The quantitative estimate of drug-likeness (QED) is 0.309. The maximum Gasteiger partial charge on any atom is 0.293 e. The summed E-state index contributed by atoms with van der Waals surface area (Å²) in [5.41, 5.74) is 0.975. The predicted molar refractivity (Wildman–Crippen MR) is 141 cm³/mol. The molecule has 0 amide bonds. The summed E-state index contributed by atoms with van der Waals surface area (Å²) in [5.74, 6) is -0.497. The van der Waals surface area contributed by atoms with Gasteiger partial charge in [0.15, 0.2) is 5.65 Å². The molecule has 10 nitrogen and oxygen atoms in total. The lowest BCUT2D eigenvalue weighted by atomic mass is 10.1. The van der Waals surface area contributed by atoms with E-state index in [-0.39, 0.29) is 27.7 Å². The van der Waals surface area contributed by atoms with Gasteiger partial charge in [-0.25, -0.2) is 9.37 Å². The van der Waals surface area contributed by atoms with E-state index in [1.54, 1.807) is 0 Å². The van der Waals surface area contributed by atoms with Gasteiger partial charge in [0.1, 0.15) is 18.5 Å². The Morgan fingerprint density at radius 3 is 2.66 bits per heavy atom. The Balaban J connectivity index is 1.51. The first kappa shape index (κ1) is 25.9. The van der Waals surface area contributed by atoms with Crippen molar-refractivity contribution in [3.05, 3.63) is 75.9 Å². The highest BCUT2D eigenvalue weighted by molar-refractivity contribution is 6.33. The molecule has 0 radical (unpaired) electrons. The number of aliphatic hydroxyl groups is 2. The minimum absolute atomic E-state index is 0.0446. The van der Waals surface area contributed by atoms with Crippen molar-refractivity contribution in [1.29, 1.82) is 0 Å². The van der Waals surface area contributed by atoms with Crippen LogP contribution in [0.2, 0.25) is 5.02 Å². The van der Waals surface area contributed by atoms with Crippen LogP contribution < -0.4 is 20.6 Å². The van der Waals surface area contributed by atoms with Crippen LogP contribution in [0, 0.1) is 5.82 Å². The van der Waals surface area contributed by atoms with Crippen molar-refractivity contribution < 1.29 is 24.2 Å². The van der Waals surface area contributed by atoms with E-state index < -0.39 is 30.7 Å². The fourth-order valence-electron chi connectivity index (χ4n) is 4.10. The third-order valence-electron chi connectivity index (χ3n) is 6.04. The second-order valence-electron chi connectivity index (χ2n) is 8.63. The maximum atomic E-state index is 14.7. The number of pyridine rings is 1. The average molecular weight is 542 g/mol. The fraction of sp³-hybridized carbons (Fsp3) is 0.269. The molecule has 1 aliphatic heterocycles. The molecule has 0 bridgehead atoms. The Bertz CT molecular complexity index is 1470. The number of ether oxygens (including phenoxy) is 1. The van der Waals surface area contributed by atoms with Crippen molar-refractivity contribution in [1.82, 2.24) is 14.7 Å². The number of halogens is 2. The number of rotatable bonds is 8. The standard InChI is InChI=1S/C26H25ClFN5O5/c27-21-2-1-3-22(28)23(21)20-12-16-13-29-26(31-24(16)33(25(20)36)38-15-19(35)14-34)30-17-4-6-18(7-5-17)32-8-10-37-11-9-32/h1-7,12-13,19,34-35H,8-11,14-15H2,(H,29,30,31)/t19-/m0/s1. The van der Waals surface area contributed by atoms with E-state index in [1.165, 1.54) is 30.5 Å². The molecule has 0 unspecified atom stereocenters. The Morgan fingerprint density at radius 2 is 1.95 bits per heavy atom. The van der Waals surface area contributed by atoms with E-state index >= 15 is 0 Å². The molecule has 3 heterocycles. The van der Waals surface area contributed by atoms with Crippen LogP contribution in [0.1, 0.15) is 0 Å².